The van der Waals surface area contributed by atoms with Crippen LogP contribution >= 0.6 is 0 Å². The molecular weight excluding hydrogens is 380 g/mol. The fourth-order valence-corrected chi connectivity index (χ4v) is 3.34. The van der Waals surface area contributed by atoms with Crippen molar-refractivity contribution in [2.24, 2.45) is 0 Å². The zero-order valence-electron chi connectivity index (χ0n) is 16.6. The van der Waals surface area contributed by atoms with E-state index in [0.717, 1.165) is 11.1 Å². The van der Waals surface area contributed by atoms with Crippen molar-refractivity contribution in [2.75, 3.05) is 19.5 Å². The third-order valence-corrected chi connectivity index (χ3v) is 4.83. The molecule has 6 nitrogen and oxygen atoms in total. The van der Waals surface area contributed by atoms with E-state index < -0.39 is 11.7 Å². The number of pyridine rings is 1. The second-order valence-electron chi connectivity index (χ2n) is 6.65. The maximum Gasteiger partial charge on any atom is 0.298 e. The van der Waals surface area contributed by atoms with E-state index in [1.54, 1.807) is 49.1 Å². The lowest BCUT2D eigenvalue weighted by atomic mass is 10.0. The smallest absolute Gasteiger partial charge is 0.298 e. The first kappa shape index (κ1) is 19.3. The number of nitrogens with one attached hydrogen (secondary N) is 1. The minimum atomic E-state index is -0.720. The van der Waals surface area contributed by atoms with Crippen LogP contribution in [0, 0.1) is 0 Å². The molecule has 0 unspecified atom stereocenters. The van der Waals surface area contributed by atoms with Crippen molar-refractivity contribution in [3.63, 3.8) is 0 Å². The molecule has 0 aliphatic rings. The van der Waals surface area contributed by atoms with Gasteiger partial charge in [-0.15, -0.1) is 0 Å². The highest BCUT2D eigenvalue weighted by Crippen LogP contribution is 2.30. The number of ether oxygens (including phenoxy) is 2. The predicted octanol–water partition coefficient (Wildman–Crippen LogP) is 4.44. The van der Waals surface area contributed by atoms with Gasteiger partial charge in [0, 0.05) is 29.0 Å². The number of anilines is 1. The molecule has 0 aliphatic carbocycles. The number of methoxy groups -OCH3 is 2. The SMILES string of the molecule is COc1ccc(-c2cc3ccccn3c2C(=O)C(=O)Nc2cccc(OC)c2)cc1. The number of rotatable bonds is 6. The molecule has 1 amide bonds. The van der Waals surface area contributed by atoms with Crippen LogP contribution in [-0.2, 0) is 4.79 Å². The maximum atomic E-state index is 13.2. The van der Waals surface area contributed by atoms with Crippen molar-refractivity contribution in [3.8, 4) is 22.6 Å². The van der Waals surface area contributed by atoms with Gasteiger partial charge in [-0.2, -0.15) is 0 Å². The summed E-state index contributed by atoms with van der Waals surface area (Å²) < 4.78 is 12.1. The van der Waals surface area contributed by atoms with E-state index in [1.807, 2.05) is 48.5 Å². The lowest BCUT2D eigenvalue weighted by molar-refractivity contribution is -0.112. The summed E-state index contributed by atoms with van der Waals surface area (Å²) in [6.45, 7) is 0. The molecule has 0 spiro atoms. The molecule has 4 rings (SSSR count). The molecule has 0 radical (unpaired) electrons. The largest absolute Gasteiger partial charge is 0.497 e. The number of carbonyl (C=O) groups excluding carboxylic acids is 2. The second-order valence-corrected chi connectivity index (χ2v) is 6.65. The monoisotopic (exact) mass is 400 g/mol. The third kappa shape index (κ3) is 3.63. The van der Waals surface area contributed by atoms with Crippen LogP contribution in [0.4, 0.5) is 5.69 Å². The quantitative estimate of drug-likeness (QED) is 0.384. The minimum absolute atomic E-state index is 0.302. The van der Waals surface area contributed by atoms with Crippen molar-refractivity contribution in [2.45, 2.75) is 0 Å². The van der Waals surface area contributed by atoms with Crippen molar-refractivity contribution < 1.29 is 19.1 Å². The van der Waals surface area contributed by atoms with Crippen molar-refractivity contribution in [3.05, 3.63) is 84.7 Å². The van der Waals surface area contributed by atoms with E-state index in [9.17, 15) is 9.59 Å². The third-order valence-electron chi connectivity index (χ3n) is 4.83. The zero-order valence-corrected chi connectivity index (χ0v) is 16.6. The molecule has 2 heterocycles. The number of carbonyl (C=O) groups is 2. The lowest BCUT2D eigenvalue weighted by Gasteiger charge is -2.09. The summed E-state index contributed by atoms with van der Waals surface area (Å²) in [5.74, 6) is -0.0461. The number of fused-ring (bicyclic) bond motifs is 1. The Morgan fingerprint density at radius 1 is 0.833 bits per heavy atom. The Bertz CT molecular complexity index is 1230. The van der Waals surface area contributed by atoms with Crippen LogP contribution in [-0.4, -0.2) is 30.3 Å². The van der Waals surface area contributed by atoms with Crippen LogP contribution in [0.3, 0.4) is 0 Å². The van der Waals surface area contributed by atoms with E-state index >= 15 is 0 Å². The predicted molar refractivity (Wildman–Crippen MR) is 115 cm³/mol. The summed E-state index contributed by atoms with van der Waals surface area (Å²) in [4.78, 5) is 26.0. The summed E-state index contributed by atoms with van der Waals surface area (Å²) >= 11 is 0. The Balaban J connectivity index is 1.74. The van der Waals surface area contributed by atoms with E-state index in [4.69, 9.17) is 9.47 Å². The van der Waals surface area contributed by atoms with Crippen LogP contribution < -0.4 is 14.8 Å². The van der Waals surface area contributed by atoms with Gasteiger partial charge in [0.15, 0.2) is 0 Å². The van der Waals surface area contributed by atoms with Gasteiger partial charge in [0.05, 0.1) is 14.2 Å². The zero-order chi connectivity index (χ0) is 21.1. The molecule has 0 bridgehead atoms. The van der Waals surface area contributed by atoms with Gasteiger partial charge in [-0.1, -0.05) is 24.3 Å². The molecule has 0 saturated carbocycles. The van der Waals surface area contributed by atoms with Gasteiger partial charge in [0.25, 0.3) is 11.7 Å². The molecular formula is C24H20N2O4. The molecule has 2 aromatic carbocycles. The highest BCUT2D eigenvalue weighted by atomic mass is 16.5. The molecule has 0 fully saturated rings. The fourth-order valence-electron chi connectivity index (χ4n) is 3.34. The number of aromatic nitrogens is 1. The van der Waals surface area contributed by atoms with E-state index in [1.165, 1.54) is 0 Å². The van der Waals surface area contributed by atoms with Crippen LogP contribution in [0.5, 0.6) is 11.5 Å². The minimum Gasteiger partial charge on any atom is -0.497 e. The molecule has 2 aromatic heterocycles. The standard InChI is InChI=1S/C24H20N2O4/c1-29-19-11-9-16(10-12-19)21-15-18-7-3-4-13-26(18)22(21)23(27)24(28)25-17-6-5-8-20(14-17)30-2/h3-15H,1-2H3,(H,25,28). The first-order chi connectivity index (χ1) is 14.6. The number of benzene rings is 2. The topological polar surface area (TPSA) is 69.0 Å². The number of hydrogen-bond donors (Lipinski definition) is 1. The number of Topliss-reactive ketones (excluding diaryl/α,β-unsaturated/α-hetero) is 1. The average Bonchev–Trinajstić information content (AvgIpc) is 3.18. The van der Waals surface area contributed by atoms with Crippen molar-refractivity contribution in [1.82, 2.24) is 4.40 Å². The van der Waals surface area contributed by atoms with Gasteiger partial charge in [0.2, 0.25) is 0 Å². The van der Waals surface area contributed by atoms with Crippen LogP contribution in [0.2, 0.25) is 0 Å². The van der Waals surface area contributed by atoms with E-state index in [0.29, 0.717) is 28.4 Å². The van der Waals surface area contributed by atoms with Crippen molar-refractivity contribution >= 4 is 22.9 Å². The average molecular weight is 400 g/mol. The first-order valence-corrected chi connectivity index (χ1v) is 9.35. The fraction of sp³-hybridized carbons (Fsp3) is 0.0833. The summed E-state index contributed by atoms with van der Waals surface area (Å²) in [5, 5.41) is 2.66. The van der Waals surface area contributed by atoms with Gasteiger partial charge in [-0.25, -0.2) is 0 Å². The Kier molecular flexibility index (Phi) is 5.22. The summed E-state index contributed by atoms with van der Waals surface area (Å²) in [5.41, 5.74) is 3.10. The van der Waals surface area contributed by atoms with E-state index in [-0.39, 0.29) is 0 Å². The molecule has 30 heavy (non-hydrogen) atoms. The summed E-state index contributed by atoms with van der Waals surface area (Å²) in [7, 11) is 3.14. The summed E-state index contributed by atoms with van der Waals surface area (Å²) in [6, 6.07) is 21.7. The Hall–Kier alpha value is -4.06. The Labute approximate surface area is 173 Å². The highest BCUT2D eigenvalue weighted by molar-refractivity contribution is 6.47. The maximum absolute atomic E-state index is 13.2. The van der Waals surface area contributed by atoms with Gasteiger partial charge in [0.1, 0.15) is 17.2 Å². The Morgan fingerprint density at radius 2 is 1.60 bits per heavy atom. The first-order valence-electron chi connectivity index (χ1n) is 9.35. The second kappa shape index (κ2) is 8.13. The van der Waals surface area contributed by atoms with E-state index in [2.05, 4.69) is 5.32 Å². The van der Waals surface area contributed by atoms with Gasteiger partial charge in [-0.05, 0) is 48.0 Å². The highest BCUT2D eigenvalue weighted by Gasteiger charge is 2.25. The molecule has 0 atom stereocenters. The molecule has 1 N–H and O–H groups in total. The molecule has 4 aromatic rings. The molecule has 150 valence electrons. The molecule has 6 heteroatoms. The number of nitrogens with zero attached hydrogens (tertiary/aromatic N) is 1. The number of amides is 1. The summed E-state index contributed by atoms with van der Waals surface area (Å²) in [6.07, 6.45) is 1.77. The normalized spacial score (nSPS) is 10.6. The van der Waals surface area contributed by atoms with Gasteiger partial charge < -0.3 is 19.2 Å². The Morgan fingerprint density at radius 3 is 2.33 bits per heavy atom. The van der Waals surface area contributed by atoms with Crippen LogP contribution in [0.1, 0.15) is 10.5 Å². The van der Waals surface area contributed by atoms with Crippen LogP contribution in [0.15, 0.2) is 79.0 Å². The van der Waals surface area contributed by atoms with Crippen LogP contribution in [0.25, 0.3) is 16.6 Å². The van der Waals surface area contributed by atoms with Gasteiger partial charge in [-0.3, -0.25) is 9.59 Å². The lowest BCUT2D eigenvalue weighted by Crippen LogP contribution is -2.24. The molecule has 0 aliphatic heterocycles. The molecule has 0 saturated heterocycles. The van der Waals surface area contributed by atoms with Crippen molar-refractivity contribution in [1.29, 1.82) is 0 Å². The van der Waals surface area contributed by atoms with Gasteiger partial charge >= 0.3 is 0 Å². The number of ketones is 1. The number of hydrogen-bond acceptors (Lipinski definition) is 4.